The van der Waals surface area contributed by atoms with Gasteiger partial charge >= 0.3 is 6.18 Å². The summed E-state index contributed by atoms with van der Waals surface area (Å²) < 4.78 is 43.0. The number of aliphatic imine (C=N–C) groups is 1. The summed E-state index contributed by atoms with van der Waals surface area (Å²) in [5, 5.41) is 3.05. The van der Waals surface area contributed by atoms with Crippen molar-refractivity contribution in [3.05, 3.63) is 22.8 Å². The maximum absolute atomic E-state index is 12.5. The van der Waals surface area contributed by atoms with Gasteiger partial charge in [-0.2, -0.15) is 13.2 Å². The summed E-state index contributed by atoms with van der Waals surface area (Å²) in [4.78, 5) is 10.3. The molecule has 0 bridgehead atoms. The standard InChI is InChI=1S/C15H20ClF3N4O.HI/c1-2-20-14(23-6-3-4-7-23)21-5-8-24-13-12(16)9-11(10-22-13)15(17,18)19;/h9-10H,2-8H2,1H3,(H,20,21);1H. The number of alkyl halides is 3. The van der Waals surface area contributed by atoms with E-state index in [2.05, 4.69) is 20.2 Å². The van der Waals surface area contributed by atoms with E-state index in [-0.39, 0.29) is 41.5 Å². The Morgan fingerprint density at radius 1 is 1.40 bits per heavy atom. The number of rotatable bonds is 5. The Bertz CT molecular complexity index is 580. The summed E-state index contributed by atoms with van der Waals surface area (Å²) >= 11 is 5.79. The highest BCUT2D eigenvalue weighted by Gasteiger charge is 2.31. The molecule has 0 spiro atoms. The minimum Gasteiger partial charge on any atom is -0.475 e. The van der Waals surface area contributed by atoms with Crippen LogP contribution in [0.3, 0.4) is 0 Å². The van der Waals surface area contributed by atoms with Crippen LogP contribution in [0.5, 0.6) is 5.88 Å². The Morgan fingerprint density at radius 3 is 2.64 bits per heavy atom. The lowest BCUT2D eigenvalue weighted by atomic mass is 10.3. The lowest BCUT2D eigenvalue weighted by Crippen LogP contribution is -2.39. The van der Waals surface area contributed by atoms with Crippen molar-refractivity contribution in [2.75, 3.05) is 32.8 Å². The van der Waals surface area contributed by atoms with E-state index in [1.54, 1.807) is 0 Å². The maximum Gasteiger partial charge on any atom is 0.417 e. The summed E-state index contributed by atoms with van der Waals surface area (Å²) in [6, 6.07) is 0.807. The molecule has 0 unspecified atom stereocenters. The van der Waals surface area contributed by atoms with E-state index in [9.17, 15) is 13.2 Å². The van der Waals surface area contributed by atoms with Gasteiger partial charge in [0.15, 0.2) is 5.96 Å². The highest BCUT2D eigenvalue weighted by molar-refractivity contribution is 14.0. The number of nitrogens with one attached hydrogen (secondary N) is 1. The second-order valence-corrected chi connectivity index (χ2v) is 5.69. The van der Waals surface area contributed by atoms with Gasteiger partial charge in [0.05, 0.1) is 12.1 Å². The molecule has 0 aliphatic carbocycles. The zero-order chi connectivity index (χ0) is 17.6. The van der Waals surface area contributed by atoms with Crippen LogP contribution in [0.25, 0.3) is 0 Å². The molecular formula is C15H21ClF3IN4O. The second-order valence-electron chi connectivity index (χ2n) is 5.29. The molecule has 0 atom stereocenters. The largest absolute Gasteiger partial charge is 0.475 e. The van der Waals surface area contributed by atoms with Crippen LogP contribution in [0.4, 0.5) is 13.2 Å². The SMILES string of the molecule is CCNC(=NCCOc1ncc(C(F)(F)F)cc1Cl)N1CCCC1.I. The van der Waals surface area contributed by atoms with Gasteiger partial charge in [-0.3, -0.25) is 0 Å². The first kappa shape index (κ1) is 22.1. The number of likely N-dealkylation sites (tertiary alicyclic amines) is 1. The number of guanidine groups is 1. The van der Waals surface area contributed by atoms with E-state index in [1.165, 1.54) is 0 Å². The van der Waals surface area contributed by atoms with Gasteiger partial charge in [-0.05, 0) is 25.8 Å². The number of aromatic nitrogens is 1. The smallest absolute Gasteiger partial charge is 0.417 e. The van der Waals surface area contributed by atoms with Crippen molar-refractivity contribution in [1.29, 1.82) is 0 Å². The van der Waals surface area contributed by atoms with Crippen LogP contribution < -0.4 is 10.1 Å². The summed E-state index contributed by atoms with van der Waals surface area (Å²) in [5.41, 5.74) is -0.902. The van der Waals surface area contributed by atoms with Gasteiger partial charge in [0, 0.05) is 25.8 Å². The number of hydrogen-bond donors (Lipinski definition) is 1. The highest BCUT2D eigenvalue weighted by Crippen LogP contribution is 2.32. The molecule has 0 aromatic carbocycles. The number of halogens is 5. The second kappa shape index (κ2) is 10.2. The van der Waals surface area contributed by atoms with Crippen molar-refractivity contribution in [2.45, 2.75) is 25.9 Å². The van der Waals surface area contributed by atoms with Gasteiger partial charge in [-0.1, -0.05) is 11.6 Å². The van der Waals surface area contributed by atoms with Gasteiger partial charge in [0.1, 0.15) is 11.6 Å². The number of hydrogen-bond acceptors (Lipinski definition) is 3. The first-order valence-electron chi connectivity index (χ1n) is 7.80. The van der Waals surface area contributed by atoms with Crippen LogP contribution in [-0.2, 0) is 6.18 Å². The van der Waals surface area contributed by atoms with Crippen LogP contribution in [0.15, 0.2) is 17.3 Å². The van der Waals surface area contributed by atoms with E-state index in [0.29, 0.717) is 12.7 Å². The van der Waals surface area contributed by atoms with E-state index in [0.717, 1.165) is 44.5 Å². The van der Waals surface area contributed by atoms with Crippen LogP contribution in [0.2, 0.25) is 5.02 Å². The predicted molar refractivity (Wildman–Crippen MR) is 102 cm³/mol. The predicted octanol–water partition coefficient (Wildman–Crippen LogP) is 3.81. The van der Waals surface area contributed by atoms with Crippen LogP contribution in [0.1, 0.15) is 25.3 Å². The van der Waals surface area contributed by atoms with Crippen molar-refractivity contribution in [2.24, 2.45) is 4.99 Å². The normalized spacial score (nSPS) is 15.1. The molecule has 10 heteroatoms. The Hall–Kier alpha value is -0.970. The zero-order valence-corrected chi connectivity index (χ0v) is 16.9. The Morgan fingerprint density at radius 2 is 2.08 bits per heavy atom. The highest BCUT2D eigenvalue weighted by atomic mass is 127. The summed E-state index contributed by atoms with van der Waals surface area (Å²) in [7, 11) is 0. The average molecular weight is 493 g/mol. The molecule has 1 N–H and O–H groups in total. The average Bonchev–Trinajstić information content (AvgIpc) is 3.05. The van der Waals surface area contributed by atoms with E-state index in [4.69, 9.17) is 16.3 Å². The topological polar surface area (TPSA) is 49.8 Å². The fourth-order valence-electron chi connectivity index (χ4n) is 2.34. The van der Waals surface area contributed by atoms with E-state index >= 15 is 0 Å². The maximum atomic E-state index is 12.5. The minimum absolute atomic E-state index is 0. The molecule has 0 saturated carbocycles. The molecule has 2 rings (SSSR count). The van der Waals surface area contributed by atoms with E-state index in [1.807, 2.05) is 6.92 Å². The van der Waals surface area contributed by atoms with E-state index < -0.39 is 11.7 Å². The Labute approximate surface area is 167 Å². The monoisotopic (exact) mass is 492 g/mol. The molecule has 1 saturated heterocycles. The lowest BCUT2D eigenvalue weighted by Gasteiger charge is -2.20. The fraction of sp³-hybridized carbons (Fsp3) is 0.600. The number of pyridine rings is 1. The zero-order valence-electron chi connectivity index (χ0n) is 13.8. The molecule has 1 aromatic heterocycles. The summed E-state index contributed by atoms with van der Waals surface area (Å²) in [6.45, 7) is 5.24. The minimum atomic E-state index is -4.48. The van der Waals surface area contributed by atoms with Crippen molar-refractivity contribution >= 4 is 41.5 Å². The Balaban J connectivity index is 0.00000312. The lowest BCUT2D eigenvalue weighted by molar-refractivity contribution is -0.137. The number of ether oxygens (including phenoxy) is 1. The van der Waals surface area contributed by atoms with Crippen molar-refractivity contribution in [1.82, 2.24) is 15.2 Å². The fourth-order valence-corrected chi connectivity index (χ4v) is 2.56. The van der Waals surface area contributed by atoms with Gasteiger partial charge < -0.3 is 15.0 Å². The molecule has 2 heterocycles. The molecule has 0 amide bonds. The summed E-state index contributed by atoms with van der Waals surface area (Å²) in [6.07, 6.45) is -1.48. The van der Waals surface area contributed by atoms with Crippen molar-refractivity contribution < 1.29 is 17.9 Å². The Kier molecular flexibility index (Phi) is 9.04. The molecule has 5 nitrogen and oxygen atoms in total. The molecule has 0 radical (unpaired) electrons. The molecule has 142 valence electrons. The first-order valence-corrected chi connectivity index (χ1v) is 8.18. The van der Waals surface area contributed by atoms with Gasteiger partial charge in [-0.25, -0.2) is 9.98 Å². The van der Waals surface area contributed by atoms with Gasteiger partial charge in [0.25, 0.3) is 0 Å². The molecule has 1 aliphatic heterocycles. The third-order valence-corrected chi connectivity index (χ3v) is 3.74. The number of nitrogens with zero attached hydrogens (tertiary/aromatic N) is 3. The van der Waals surface area contributed by atoms with Gasteiger partial charge in [-0.15, -0.1) is 24.0 Å². The molecular weight excluding hydrogens is 472 g/mol. The molecule has 1 aliphatic rings. The quantitative estimate of drug-likeness (QED) is 0.294. The molecule has 25 heavy (non-hydrogen) atoms. The first-order chi connectivity index (χ1) is 11.4. The van der Waals surface area contributed by atoms with Crippen molar-refractivity contribution in [3.63, 3.8) is 0 Å². The van der Waals surface area contributed by atoms with Crippen LogP contribution in [0, 0.1) is 0 Å². The van der Waals surface area contributed by atoms with Crippen molar-refractivity contribution in [3.8, 4) is 5.88 Å². The third-order valence-electron chi connectivity index (χ3n) is 3.47. The van der Waals surface area contributed by atoms with Crippen LogP contribution >= 0.6 is 35.6 Å². The summed E-state index contributed by atoms with van der Waals surface area (Å²) in [5.74, 6) is 0.802. The van der Waals surface area contributed by atoms with Gasteiger partial charge in [0.2, 0.25) is 5.88 Å². The van der Waals surface area contributed by atoms with Crippen LogP contribution in [-0.4, -0.2) is 48.6 Å². The third kappa shape index (κ3) is 6.69. The molecule has 1 fully saturated rings. The molecule has 1 aromatic rings.